The smallest absolute Gasteiger partial charge is 0.293 e. The maximum atomic E-state index is 12.3. The summed E-state index contributed by atoms with van der Waals surface area (Å²) >= 11 is 0. The van der Waals surface area contributed by atoms with Gasteiger partial charge in [0, 0.05) is 37.5 Å². The van der Waals surface area contributed by atoms with Crippen LogP contribution in [0.15, 0.2) is 41.3 Å². The lowest BCUT2D eigenvalue weighted by Gasteiger charge is -2.28. The van der Waals surface area contributed by atoms with Crippen molar-refractivity contribution in [2.45, 2.75) is 4.90 Å². The van der Waals surface area contributed by atoms with E-state index in [-0.39, 0.29) is 47.4 Å². The van der Waals surface area contributed by atoms with E-state index in [0.29, 0.717) is 0 Å². The molecule has 0 saturated carbocycles. The fourth-order valence-electron chi connectivity index (χ4n) is 3.12. The number of nitrogens with one attached hydrogen (secondary N) is 2. The van der Waals surface area contributed by atoms with Crippen molar-refractivity contribution in [3.05, 3.63) is 56.6 Å². The summed E-state index contributed by atoms with van der Waals surface area (Å²) in [6, 6.07) is 7.13. The van der Waals surface area contributed by atoms with Crippen LogP contribution >= 0.6 is 0 Å². The number of nitrogens with zero attached hydrogens (tertiary/aromatic N) is 3. The zero-order chi connectivity index (χ0) is 25.0. The molecule has 0 aromatic heterocycles. The SMILES string of the molecule is CS(=O)(=O)c1ccc(NCCNC(=O)CN2C(=O)COc3ccc([N+](=O)[O-])cc32)c([N+](=O)[O-])c1. The van der Waals surface area contributed by atoms with Crippen LogP contribution in [0.1, 0.15) is 0 Å². The summed E-state index contributed by atoms with van der Waals surface area (Å²) in [6.45, 7) is -0.666. The molecule has 180 valence electrons. The molecule has 3 rings (SSSR count). The maximum absolute atomic E-state index is 12.3. The molecule has 2 N–H and O–H groups in total. The number of benzene rings is 2. The number of non-ortho nitro benzene ring substituents is 1. The molecule has 14 nitrogen and oxygen atoms in total. The molecule has 34 heavy (non-hydrogen) atoms. The molecule has 0 aliphatic carbocycles. The normalized spacial score (nSPS) is 13.0. The molecule has 0 unspecified atom stereocenters. The highest BCUT2D eigenvalue weighted by atomic mass is 32.2. The molecule has 0 atom stereocenters. The summed E-state index contributed by atoms with van der Waals surface area (Å²) in [7, 11) is -3.63. The number of ether oxygens (including phenoxy) is 1. The molecule has 0 spiro atoms. The van der Waals surface area contributed by atoms with Crippen LogP contribution in [0.4, 0.5) is 22.7 Å². The van der Waals surface area contributed by atoms with Crippen LogP contribution in [0, 0.1) is 20.2 Å². The highest BCUT2D eigenvalue weighted by Gasteiger charge is 2.29. The minimum atomic E-state index is -3.63. The van der Waals surface area contributed by atoms with Gasteiger partial charge in [-0.3, -0.25) is 34.7 Å². The van der Waals surface area contributed by atoms with Crippen molar-refractivity contribution < 1.29 is 32.6 Å². The van der Waals surface area contributed by atoms with Gasteiger partial charge in [-0.25, -0.2) is 8.42 Å². The van der Waals surface area contributed by atoms with Gasteiger partial charge in [-0.1, -0.05) is 0 Å². The molecule has 2 aromatic carbocycles. The Morgan fingerprint density at radius 2 is 1.85 bits per heavy atom. The summed E-state index contributed by atoms with van der Waals surface area (Å²) in [5, 5.41) is 27.6. The minimum absolute atomic E-state index is 0.0180. The third-order valence-electron chi connectivity index (χ3n) is 4.75. The largest absolute Gasteiger partial charge is 0.482 e. The summed E-state index contributed by atoms with van der Waals surface area (Å²) in [5.74, 6) is -0.899. The van der Waals surface area contributed by atoms with E-state index in [1.54, 1.807) is 0 Å². The van der Waals surface area contributed by atoms with Crippen LogP contribution in [0.25, 0.3) is 0 Å². The van der Waals surface area contributed by atoms with Gasteiger partial charge in [0.1, 0.15) is 18.0 Å². The third kappa shape index (κ3) is 5.55. The molecule has 2 aromatic rings. The van der Waals surface area contributed by atoms with Gasteiger partial charge in [0.15, 0.2) is 16.4 Å². The highest BCUT2D eigenvalue weighted by Crippen LogP contribution is 2.35. The Hall–Kier alpha value is -4.27. The van der Waals surface area contributed by atoms with E-state index in [9.17, 15) is 38.2 Å². The number of rotatable bonds is 9. The predicted octanol–water partition coefficient (Wildman–Crippen LogP) is 0.860. The van der Waals surface area contributed by atoms with E-state index >= 15 is 0 Å². The Labute approximate surface area is 192 Å². The van der Waals surface area contributed by atoms with Gasteiger partial charge in [-0.15, -0.1) is 0 Å². The molecule has 1 aliphatic rings. The highest BCUT2D eigenvalue weighted by molar-refractivity contribution is 7.90. The van der Waals surface area contributed by atoms with Crippen LogP contribution in [0.5, 0.6) is 5.75 Å². The number of carbonyl (C=O) groups is 2. The zero-order valence-electron chi connectivity index (χ0n) is 17.7. The van der Waals surface area contributed by atoms with Gasteiger partial charge in [-0.05, 0) is 18.2 Å². The van der Waals surface area contributed by atoms with E-state index in [1.165, 1.54) is 24.3 Å². The number of sulfone groups is 1. The van der Waals surface area contributed by atoms with Crippen molar-refractivity contribution >= 4 is 44.4 Å². The van der Waals surface area contributed by atoms with E-state index < -0.39 is 43.7 Å². The zero-order valence-corrected chi connectivity index (χ0v) is 18.5. The Morgan fingerprint density at radius 1 is 1.12 bits per heavy atom. The fraction of sp³-hybridized carbons (Fsp3) is 0.263. The number of amides is 2. The Balaban J connectivity index is 1.61. The van der Waals surface area contributed by atoms with Gasteiger partial charge < -0.3 is 15.4 Å². The molecule has 0 radical (unpaired) electrons. The number of hydrogen-bond donors (Lipinski definition) is 2. The molecule has 2 amide bonds. The first-order chi connectivity index (χ1) is 16.0. The van der Waals surface area contributed by atoms with Crippen molar-refractivity contribution in [1.29, 1.82) is 0 Å². The Kier molecular flexibility index (Phi) is 6.95. The average molecular weight is 493 g/mol. The monoisotopic (exact) mass is 493 g/mol. The lowest BCUT2D eigenvalue weighted by atomic mass is 10.2. The summed E-state index contributed by atoms with van der Waals surface area (Å²) in [5.41, 5.74) is -0.543. The standard InChI is InChI=1S/C19H19N5O9S/c1-34(31,32)13-3-4-14(15(9-13)24(29)30)20-6-7-21-18(25)10-22-16-8-12(23(27)28)2-5-17(16)33-11-19(22)26/h2-5,8-9,20H,6-7,10-11H2,1H3,(H,21,25). The van der Waals surface area contributed by atoms with Crippen LogP contribution in [0.3, 0.4) is 0 Å². The first-order valence-corrected chi connectivity index (χ1v) is 11.6. The van der Waals surface area contributed by atoms with E-state index in [1.807, 2.05) is 0 Å². The molecule has 1 aliphatic heterocycles. The maximum Gasteiger partial charge on any atom is 0.293 e. The number of carbonyl (C=O) groups excluding carboxylic acids is 2. The summed E-state index contributed by atoms with van der Waals surface area (Å²) < 4.78 is 28.5. The molecule has 0 bridgehead atoms. The van der Waals surface area contributed by atoms with Crippen LogP contribution in [-0.2, 0) is 19.4 Å². The first kappa shape index (κ1) is 24.4. The second-order valence-electron chi connectivity index (χ2n) is 7.16. The number of hydrogen-bond acceptors (Lipinski definition) is 10. The van der Waals surface area contributed by atoms with Gasteiger partial charge >= 0.3 is 0 Å². The average Bonchev–Trinajstić information content (AvgIpc) is 2.77. The number of anilines is 2. The molecule has 15 heteroatoms. The van der Waals surface area contributed by atoms with Crippen molar-refractivity contribution in [3.63, 3.8) is 0 Å². The molecule has 1 heterocycles. The minimum Gasteiger partial charge on any atom is -0.482 e. The van der Waals surface area contributed by atoms with Crippen molar-refractivity contribution in [2.75, 3.05) is 42.7 Å². The van der Waals surface area contributed by atoms with Crippen molar-refractivity contribution in [2.24, 2.45) is 0 Å². The summed E-state index contributed by atoms with van der Waals surface area (Å²) in [4.78, 5) is 46.4. The second kappa shape index (κ2) is 9.70. The molecule has 0 saturated heterocycles. The van der Waals surface area contributed by atoms with Crippen LogP contribution < -0.4 is 20.3 Å². The van der Waals surface area contributed by atoms with E-state index in [0.717, 1.165) is 23.3 Å². The lowest BCUT2D eigenvalue weighted by molar-refractivity contribution is -0.384. The third-order valence-corrected chi connectivity index (χ3v) is 5.86. The predicted molar refractivity (Wildman–Crippen MR) is 119 cm³/mol. The number of fused-ring (bicyclic) bond motifs is 1. The van der Waals surface area contributed by atoms with Crippen molar-refractivity contribution in [3.8, 4) is 5.75 Å². The second-order valence-corrected chi connectivity index (χ2v) is 9.18. The van der Waals surface area contributed by atoms with Gasteiger partial charge in [0.2, 0.25) is 5.91 Å². The Bertz CT molecular complexity index is 1280. The number of nitro groups is 2. The quantitative estimate of drug-likeness (QED) is 0.288. The number of nitro benzene ring substituents is 2. The van der Waals surface area contributed by atoms with Crippen molar-refractivity contribution in [1.82, 2.24) is 5.32 Å². The van der Waals surface area contributed by atoms with Gasteiger partial charge in [0.05, 0.1) is 20.4 Å². The molecular weight excluding hydrogens is 474 g/mol. The topological polar surface area (TPSA) is 191 Å². The van der Waals surface area contributed by atoms with Gasteiger partial charge in [-0.2, -0.15) is 0 Å². The van der Waals surface area contributed by atoms with E-state index in [4.69, 9.17) is 4.74 Å². The first-order valence-electron chi connectivity index (χ1n) is 9.68. The lowest BCUT2D eigenvalue weighted by Crippen LogP contribution is -2.45. The van der Waals surface area contributed by atoms with Crippen LogP contribution in [-0.4, -0.2) is 62.6 Å². The van der Waals surface area contributed by atoms with E-state index in [2.05, 4.69) is 10.6 Å². The molecule has 0 fully saturated rings. The molecular formula is C19H19N5O9S. The fourth-order valence-corrected chi connectivity index (χ4v) is 3.76. The van der Waals surface area contributed by atoms with Gasteiger partial charge in [0.25, 0.3) is 17.3 Å². The summed E-state index contributed by atoms with van der Waals surface area (Å²) in [6.07, 6.45) is 0.935. The Morgan fingerprint density at radius 3 is 2.50 bits per heavy atom. The van der Waals surface area contributed by atoms with Crippen LogP contribution in [0.2, 0.25) is 0 Å².